The van der Waals surface area contributed by atoms with Crippen LogP contribution in [-0.2, 0) is 6.54 Å². The summed E-state index contributed by atoms with van der Waals surface area (Å²) < 4.78 is 5.21. The van der Waals surface area contributed by atoms with Crippen LogP contribution in [-0.4, -0.2) is 53.1 Å². The molecule has 0 aliphatic carbocycles. The number of piperidine rings is 1. The number of aryl methyl sites for hydroxylation is 1. The van der Waals surface area contributed by atoms with Gasteiger partial charge in [0.1, 0.15) is 12.1 Å². The van der Waals surface area contributed by atoms with E-state index in [1.54, 1.807) is 13.4 Å². The van der Waals surface area contributed by atoms with Crippen molar-refractivity contribution in [2.24, 2.45) is 0 Å². The van der Waals surface area contributed by atoms with Gasteiger partial charge in [-0.05, 0) is 37.9 Å². The summed E-state index contributed by atoms with van der Waals surface area (Å²) in [4.78, 5) is 17.7. The molecule has 1 aliphatic rings. The number of pyridine rings is 1. The van der Waals surface area contributed by atoms with Gasteiger partial charge in [0, 0.05) is 38.4 Å². The van der Waals surface area contributed by atoms with Crippen molar-refractivity contribution in [2.45, 2.75) is 32.4 Å². The largest absolute Gasteiger partial charge is 0.481 e. The highest BCUT2D eigenvalue weighted by Gasteiger charge is 2.25. The predicted molar refractivity (Wildman–Crippen MR) is 94.3 cm³/mol. The second-order valence-electron chi connectivity index (χ2n) is 6.33. The summed E-state index contributed by atoms with van der Waals surface area (Å²) >= 11 is 0. The minimum Gasteiger partial charge on any atom is -0.481 e. The van der Waals surface area contributed by atoms with Crippen molar-refractivity contribution in [3.63, 3.8) is 0 Å². The van der Waals surface area contributed by atoms with Gasteiger partial charge >= 0.3 is 0 Å². The van der Waals surface area contributed by atoms with Crippen molar-refractivity contribution in [1.82, 2.24) is 19.9 Å². The maximum atomic E-state index is 5.21. The highest BCUT2D eigenvalue weighted by molar-refractivity contribution is 5.41. The van der Waals surface area contributed by atoms with E-state index in [-0.39, 0.29) is 0 Å². The minimum absolute atomic E-state index is 0.433. The minimum atomic E-state index is 0.433. The van der Waals surface area contributed by atoms with Gasteiger partial charge in [-0.2, -0.15) is 0 Å². The molecule has 0 saturated carbocycles. The van der Waals surface area contributed by atoms with E-state index in [1.165, 1.54) is 24.1 Å². The number of ether oxygens (including phenoxy) is 1. The number of hydrogen-bond acceptors (Lipinski definition) is 6. The molecular weight excluding hydrogens is 302 g/mol. The lowest BCUT2D eigenvalue weighted by Gasteiger charge is -2.38. The molecule has 0 aromatic carbocycles. The highest BCUT2D eigenvalue weighted by Crippen LogP contribution is 2.22. The zero-order chi connectivity index (χ0) is 16.9. The Morgan fingerprint density at radius 3 is 3.00 bits per heavy atom. The summed E-state index contributed by atoms with van der Waals surface area (Å²) in [6.07, 6.45) is 5.79. The third kappa shape index (κ3) is 3.82. The summed E-state index contributed by atoms with van der Waals surface area (Å²) in [7, 11) is 3.73. The van der Waals surface area contributed by atoms with E-state index >= 15 is 0 Å². The number of anilines is 1. The average Bonchev–Trinajstić information content (AvgIpc) is 2.63. The molecule has 1 saturated heterocycles. The molecule has 3 heterocycles. The molecule has 6 heteroatoms. The molecule has 128 valence electrons. The van der Waals surface area contributed by atoms with Crippen LogP contribution in [0.15, 0.2) is 30.7 Å². The van der Waals surface area contributed by atoms with Crippen LogP contribution in [0, 0.1) is 6.92 Å². The standard InChI is InChI=1S/C18H25N5O/c1-14-6-4-8-19-16(14)12-23-9-5-7-15(11-23)22(2)17-10-18(24-3)21-13-20-17/h4,6,8,10,13,15H,5,7,9,11-12H2,1-3H3. The quantitative estimate of drug-likeness (QED) is 0.840. The lowest BCUT2D eigenvalue weighted by molar-refractivity contribution is 0.196. The van der Waals surface area contributed by atoms with Gasteiger partial charge in [0.2, 0.25) is 5.88 Å². The maximum absolute atomic E-state index is 5.21. The molecule has 0 N–H and O–H groups in total. The van der Waals surface area contributed by atoms with Gasteiger partial charge in [-0.15, -0.1) is 0 Å². The van der Waals surface area contributed by atoms with Crippen LogP contribution in [0.25, 0.3) is 0 Å². The molecule has 0 spiro atoms. The van der Waals surface area contributed by atoms with Crippen molar-refractivity contribution in [1.29, 1.82) is 0 Å². The fraction of sp³-hybridized carbons (Fsp3) is 0.500. The zero-order valence-corrected chi connectivity index (χ0v) is 14.6. The first-order valence-electron chi connectivity index (χ1n) is 8.39. The number of likely N-dealkylation sites (tertiary alicyclic amines) is 1. The summed E-state index contributed by atoms with van der Waals surface area (Å²) in [6.45, 7) is 5.17. The van der Waals surface area contributed by atoms with Gasteiger partial charge < -0.3 is 9.64 Å². The van der Waals surface area contributed by atoms with E-state index in [0.29, 0.717) is 11.9 Å². The fourth-order valence-corrected chi connectivity index (χ4v) is 3.21. The molecule has 2 aromatic heterocycles. The topological polar surface area (TPSA) is 54.4 Å². The van der Waals surface area contributed by atoms with E-state index in [9.17, 15) is 0 Å². The first kappa shape index (κ1) is 16.6. The highest BCUT2D eigenvalue weighted by atomic mass is 16.5. The van der Waals surface area contributed by atoms with Crippen LogP contribution in [0.1, 0.15) is 24.1 Å². The van der Waals surface area contributed by atoms with Crippen molar-refractivity contribution in [3.8, 4) is 5.88 Å². The number of aromatic nitrogens is 3. The van der Waals surface area contributed by atoms with Gasteiger partial charge in [-0.1, -0.05) is 6.07 Å². The van der Waals surface area contributed by atoms with Crippen molar-refractivity contribution in [3.05, 3.63) is 42.0 Å². The SMILES string of the molecule is COc1cc(N(C)C2CCCN(Cc3ncccc3C)C2)ncn1. The van der Waals surface area contributed by atoms with E-state index in [0.717, 1.165) is 25.5 Å². The lowest BCUT2D eigenvalue weighted by atomic mass is 10.0. The van der Waals surface area contributed by atoms with Crippen LogP contribution < -0.4 is 9.64 Å². The number of methoxy groups -OCH3 is 1. The third-order valence-corrected chi connectivity index (χ3v) is 4.72. The van der Waals surface area contributed by atoms with Crippen molar-refractivity contribution in [2.75, 3.05) is 32.1 Å². The molecule has 6 nitrogen and oxygen atoms in total. The van der Waals surface area contributed by atoms with Crippen LogP contribution in [0.3, 0.4) is 0 Å². The second-order valence-corrected chi connectivity index (χ2v) is 6.33. The van der Waals surface area contributed by atoms with E-state index in [4.69, 9.17) is 4.74 Å². The second kappa shape index (κ2) is 7.57. The number of hydrogen-bond donors (Lipinski definition) is 0. The Morgan fingerprint density at radius 2 is 2.21 bits per heavy atom. The van der Waals surface area contributed by atoms with Gasteiger partial charge in [-0.3, -0.25) is 9.88 Å². The Hall–Kier alpha value is -2.21. The fourth-order valence-electron chi connectivity index (χ4n) is 3.21. The molecule has 3 rings (SSSR count). The zero-order valence-electron chi connectivity index (χ0n) is 14.6. The lowest BCUT2D eigenvalue weighted by Crippen LogP contribution is -2.46. The Kier molecular flexibility index (Phi) is 5.25. The smallest absolute Gasteiger partial charge is 0.218 e. The maximum Gasteiger partial charge on any atom is 0.218 e. The molecular formula is C18H25N5O. The molecule has 0 radical (unpaired) electrons. The normalized spacial score (nSPS) is 18.4. The van der Waals surface area contributed by atoms with Crippen LogP contribution in [0.5, 0.6) is 5.88 Å². The first-order chi connectivity index (χ1) is 11.7. The summed E-state index contributed by atoms with van der Waals surface area (Å²) in [5, 5.41) is 0. The monoisotopic (exact) mass is 327 g/mol. The Balaban J connectivity index is 1.67. The summed E-state index contributed by atoms with van der Waals surface area (Å²) in [5.41, 5.74) is 2.43. The van der Waals surface area contributed by atoms with Crippen molar-refractivity contribution >= 4 is 5.82 Å². The summed E-state index contributed by atoms with van der Waals surface area (Å²) in [5.74, 6) is 1.51. The van der Waals surface area contributed by atoms with E-state index in [2.05, 4.69) is 44.8 Å². The molecule has 24 heavy (non-hydrogen) atoms. The molecule has 0 bridgehead atoms. The van der Waals surface area contributed by atoms with Gasteiger partial charge in [-0.25, -0.2) is 9.97 Å². The molecule has 0 amide bonds. The first-order valence-corrected chi connectivity index (χ1v) is 8.39. The van der Waals surface area contributed by atoms with E-state index in [1.807, 2.05) is 18.3 Å². The molecule has 2 aromatic rings. The number of rotatable bonds is 5. The number of nitrogens with zero attached hydrogens (tertiary/aromatic N) is 5. The van der Waals surface area contributed by atoms with Crippen LogP contribution >= 0.6 is 0 Å². The number of likely N-dealkylation sites (N-methyl/N-ethyl adjacent to an activating group) is 1. The predicted octanol–water partition coefficient (Wildman–Crippen LogP) is 2.29. The molecule has 1 atom stereocenters. The molecule has 1 aliphatic heterocycles. The third-order valence-electron chi connectivity index (χ3n) is 4.72. The molecule has 1 fully saturated rings. The Bertz CT molecular complexity index is 678. The van der Waals surface area contributed by atoms with E-state index < -0.39 is 0 Å². The van der Waals surface area contributed by atoms with Crippen LogP contribution in [0.4, 0.5) is 5.82 Å². The van der Waals surface area contributed by atoms with Gasteiger partial charge in [0.05, 0.1) is 12.8 Å². The summed E-state index contributed by atoms with van der Waals surface area (Å²) in [6, 6.07) is 6.45. The van der Waals surface area contributed by atoms with Gasteiger partial charge in [0.25, 0.3) is 0 Å². The van der Waals surface area contributed by atoms with Crippen molar-refractivity contribution < 1.29 is 4.74 Å². The average molecular weight is 327 g/mol. The molecule has 1 unspecified atom stereocenters. The van der Waals surface area contributed by atoms with Gasteiger partial charge in [0.15, 0.2) is 0 Å². The Morgan fingerprint density at radius 1 is 1.33 bits per heavy atom. The Labute approximate surface area is 143 Å². The van der Waals surface area contributed by atoms with Crippen LogP contribution in [0.2, 0.25) is 0 Å².